The number of methoxy groups -OCH3 is 2. The number of carbonyl (C=O) groups is 1. The second-order valence-corrected chi connectivity index (χ2v) is 12.3. The van der Waals surface area contributed by atoms with E-state index in [9.17, 15) is 9.59 Å². The molecule has 0 atom stereocenters. The molecule has 240 valence electrons. The van der Waals surface area contributed by atoms with Crippen molar-refractivity contribution in [1.29, 1.82) is 0 Å². The van der Waals surface area contributed by atoms with E-state index in [2.05, 4.69) is 26.2 Å². The summed E-state index contributed by atoms with van der Waals surface area (Å²) in [6, 6.07) is 22.5. The number of nitrogens with one attached hydrogen (secondary N) is 1. The van der Waals surface area contributed by atoms with Gasteiger partial charge in [-0.3, -0.25) is 9.59 Å². The van der Waals surface area contributed by atoms with Crippen molar-refractivity contribution in [2.24, 2.45) is 5.92 Å². The molecule has 10 heteroatoms. The van der Waals surface area contributed by atoms with Gasteiger partial charge >= 0.3 is 0 Å². The lowest BCUT2D eigenvalue weighted by Gasteiger charge is -2.23. The van der Waals surface area contributed by atoms with E-state index in [-0.39, 0.29) is 11.0 Å². The Bertz CT molecular complexity index is 1950. The molecule has 1 saturated heterocycles. The molecule has 3 N–H and O–H groups in total. The van der Waals surface area contributed by atoms with Crippen LogP contribution in [-0.2, 0) is 11.3 Å². The van der Waals surface area contributed by atoms with Crippen LogP contribution in [0, 0.1) is 5.92 Å². The van der Waals surface area contributed by atoms with Crippen LogP contribution >= 0.6 is 15.9 Å². The molecule has 3 aromatic carbocycles. The van der Waals surface area contributed by atoms with Gasteiger partial charge in [0.05, 0.1) is 14.2 Å². The first-order valence-electron chi connectivity index (χ1n) is 15.3. The number of ether oxygens (including phenoxy) is 3. The molecule has 9 nitrogen and oxygen atoms in total. The van der Waals surface area contributed by atoms with Crippen molar-refractivity contribution >= 4 is 33.3 Å². The molecule has 1 amide bonds. The summed E-state index contributed by atoms with van der Waals surface area (Å²) in [6.07, 6.45) is 7.10. The van der Waals surface area contributed by atoms with E-state index in [0.29, 0.717) is 41.0 Å². The molecular weight excluding hydrogens is 660 g/mol. The van der Waals surface area contributed by atoms with Crippen LogP contribution in [0.5, 0.6) is 11.5 Å². The van der Waals surface area contributed by atoms with Gasteiger partial charge in [-0.25, -0.2) is 4.98 Å². The highest BCUT2D eigenvalue weighted by Gasteiger charge is 2.20. The number of amides is 1. The Morgan fingerprint density at radius 2 is 1.55 bits per heavy atom. The minimum Gasteiger partial charge on any atom is -0.493 e. The van der Waals surface area contributed by atoms with Gasteiger partial charge in [-0.15, -0.1) is 0 Å². The van der Waals surface area contributed by atoms with E-state index in [1.165, 1.54) is 0 Å². The summed E-state index contributed by atoms with van der Waals surface area (Å²) in [4.78, 5) is 31.7. The largest absolute Gasteiger partial charge is 0.493 e. The molecule has 0 radical (unpaired) electrons. The summed E-state index contributed by atoms with van der Waals surface area (Å²) in [7, 11) is 3.19. The Morgan fingerprint density at radius 1 is 0.894 bits per heavy atom. The fraction of sp³-hybridized carbons (Fsp3) is 0.216. The lowest BCUT2D eigenvalue weighted by atomic mass is 9.99. The zero-order valence-electron chi connectivity index (χ0n) is 26.2. The fourth-order valence-electron chi connectivity index (χ4n) is 5.77. The van der Waals surface area contributed by atoms with E-state index in [1.54, 1.807) is 38.7 Å². The van der Waals surface area contributed by atoms with Gasteiger partial charge in [-0.2, -0.15) is 0 Å². The molecule has 0 bridgehead atoms. The minimum absolute atomic E-state index is 0.0811. The first kappa shape index (κ1) is 32.0. The second-order valence-electron chi connectivity index (χ2n) is 11.4. The van der Waals surface area contributed by atoms with Crippen LogP contribution in [-0.4, -0.2) is 42.9 Å². The number of benzene rings is 3. The molecule has 1 aliphatic heterocycles. The van der Waals surface area contributed by atoms with E-state index in [1.807, 2.05) is 71.4 Å². The number of halogens is 1. The van der Waals surface area contributed by atoms with Crippen molar-refractivity contribution in [1.82, 2.24) is 9.55 Å². The Labute approximate surface area is 281 Å². The molecule has 0 saturated carbocycles. The molecule has 0 aliphatic carbocycles. The SMILES string of the molecule is COc1ccc(-c2cnc(N)c(-c3ccc(NC(=O)c4cn(CC5CCOCC5)cc(-c5ccc(Br)cc5)c4=O)cc3)c2)cc1OC. The maximum absolute atomic E-state index is 13.7. The number of aromatic nitrogens is 2. The monoisotopic (exact) mass is 694 g/mol. The normalized spacial score (nSPS) is 13.3. The van der Waals surface area contributed by atoms with Gasteiger partial charge in [0.2, 0.25) is 5.43 Å². The van der Waals surface area contributed by atoms with Crippen molar-refractivity contribution in [2.45, 2.75) is 19.4 Å². The summed E-state index contributed by atoms with van der Waals surface area (Å²) in [5.74, 6) is 1.55. The van der Waals surface area contributed by atoms with Crippen LogP contribution < -0.4 is 26.0 Å². The predicted molar refractivity (Wildman–Crippen MR) is 188 cm³/mol. The number of hydrogen-bond acceptors (Lipinski definition) is 7. The standard InChI is InChI=1S/C37H35BrN4O5/c1-45-33-12-7-26(18-34(33)46-2)27-17-30(36(39)40-19-27)24-5-10-29(11-6-24)41-37(44)32-22-42(20-23-13-15-47-16-14-23)21-31(35(32)43)25-3-8-28(38)9-4-25/h3-12,17-19,21-23H,13-16,20H2,1-2H3,(H2,39,40)(H,41,44). The smallest absolute Gasteiger partial charge is 0.261 e. The summed E-state index contributed by atoms with van der Waals surface area (Å²) in [6.45, 7) is 2.13. The number of carbonyl (C=O) groups excluding carboxylic acids is 1. The molecule has 47 heavy (non-hydrogen) atoms. The summed E-state index contributed by atoms with van der Waals surface area (Å²) in [5.41, 5.74) is 11.1. The highest BCUT2D eigenvalue weighted by Crippen LogP contribution is 2.35. The quantitative estimate of drug-likeness (QED) is 0.166. The van der Waals surface area contributed by atoms with Gasteiger partial charge < -0.3 is 29.8 Å². The molecule has 3 heterocycles. The first-order valence-corrected chi connectivity index (χ1v) is 16.1. The Balaban J connectivity index is 1.26. The zero-order chi connectivity index (χ0) is 32.9. The average Bonchev–Trinajstić information content (AvgIpc) is 3.10. The number of nitrogens with two attached hydrogens (primary N) is 1. The average molecular weight is 696 g/mol. The highest BCUT2D eigenvalue weighted by molar-refractivity contribution is 9.10. The number of nitrogens with zero attached hydrogens (tertiary/aromatic N) is 2. The Morgan fingerprint density at radius 3 is 2.26 bits per heavy atom. The molecule has 2 aromatic heterocycles. The van der Waals surface area contributed by atoms with Crippen LogP contribution in [0.15, 0.2) is 101 Å². The molecule has 0 spiro atoms. The second kappa shape index (κ2) is 14.2. The molecule has 1 fully saturated rings. The van der Waals surface area contributed by atoms with Gasteiger partial charge in [-0.05, 0) is 77.9 Å². The van der Waals surface area contributed by atoms with Gasteiger partial charge in [-0.1, -0.05) is 46.3 Å². The zero-order valence-corrected chi connectivity index (χ0v) is 27.8. The van der Waals surface area contributed by atoms with Crippen molar-refractivity contribution in [2.75, 3.05) is 38.5 Å². The van der Waals surface area contributed by atoms with Crippen LogP contribution in [0.1, 0.15) is 23.2 Å². The Kier molecular flexibility index (Phi) is 9.70. The van der Waals surface area contributed by atoms with Crippen molar-refractivity contribution < 1.29 is 19.0 Å². The number of nitrogen functional groups attached to an aromatic ring is 1. The van der Waals surface area contributed by atoms with E-state index >= 15 is 0 Å². The molecular formula is C37H35BrN4O5. The van der Waals surface area contributed by atoms with Crippen molar-refractivity contribution in [3.8, 4) is 44.9 Å². The predicted octanol–water partition coefficient (Wildman–Crippen LogP) is 7.29. The number of rotatable bonds is 9. The molecule has 0 unspecified atom stereocenters. The van der Waals surface area contributed by atoms with Crippen LogP contribution in [0.3, 0.4) is 0 Å². The third-order valence-corrected chi connectivity index (χ3v) is 8.91. The molecule has 6 rings (SSSR count). The van der Waals surface area contributed by atoms with Gasteiger partial charge in [0, 0.05) is 65.2 Å². The van der Waals surface area contributed by atoms with Gasteiger partial charge in [0.25, 0.3) is 5.91 Å². The maximum atomic E-state index is 13.7. The first-order chi connectivity index (χ1) is 22.8. The van der Waals surface area contributed by atoms with Crippen molar-refractivity contribution in [3.63, 3.8) is 0 Å². The fourth-order valence-corrected chi connectivity index (χ4v) is 6.04. The third kappa shape index (κ3) is 7.24. The number of hydrogen-bond donors (Lipinski definition) is 2. The minimum atomic E-state index is -0.473. The van der Waals surface area contributed by atoms with Crippen LogP contribution in [0.2, 0.25) is 0 Å². The van der Waals surface area contributed by atoms with E-state index in [4.69, 9.17) is 19.9 Å². The van der Waals surface area contributed by atoms with E-state index in [0.717, 1.165) is 58.3 Å². The highest BCUT2D eigenvalue weighted by atomic mass is 79.9. The van der Waals surface area contributed by atoms with Crippen molar-refractivity contribution in [3.05, 3.63) is 112 Å². The molecule has 5 aromatic rings. The van der Waals surface area contributed by atoms with Gasteiger partial charge in [0.1, 0.15) is 11.4 Å². The lowest BCUT2D eigenvalue weighted by molar-refractivity contribution is 0.0612. The maximum Gasteiger partial charge on any atom is 0.261 e. The summed E-state index contributed by atoms with van der Waals surface area (Å²) in [5, 5.41) is 2.92. The third-order valence-electron chi connectivity index (χ3n) is 8.38. The number of pyridine rings is 2. The number of anilines is 2. The lowest BCUT2D eigenvalue weighted by Crippen LogP contribution is -2.26. The van der Waals surface area contributed by atoms with Gasteiger partial charge in [0.15, 0.2) is 11.5 Å². The van der Waals surface area contributed by atoms with Crippen LogP contribution in [0.25, 0.3) is 33.4 Å². The van der Waals surface area contributed by atoms with E-state index < -0.39 is 5.91 Å². The Hall–Kier alpha value is -4.93. The van der Waals surface area contributed by atoms with Crippen LogP contribution in [0.4, 0.5) is 11.5 Å². The molecule has 1 aliphatic rings. The summed E-state index contributed by atoms with van der Waals surface area (Å²) >= 11 is 3.46. The summed E-state index contributed by atoms with van der Waals surface area (Å²) < 4.78 is 19.2. The topological polar surface area (TPSA) is 118 Å².